The Morgan fingerprint density at radius 2 is 1.87 bits per heavy atom. The zero-order valence-electron chi connectivity index (χ0n) is 10.7. The fourth-order valence-electron chi connectivity index (χ4n) is 0.997. The zero-order valence-corrected chi connectivity index (χ0v) is 10.7. The SMILES string of the molecule is COC(C)CNC(C)C(=O)NC(C)(C)C. The van der Waals surface area contributed by atoms with E-state index in [2.05, 4.69) is 10.6 Å². The van der Waals surface area contributed by atoms with Gasteiger partial charge < -0.3 is 15.4 Å². The Bertz CT molecular complexity index is 199. The number of ether oxygens (including phenoxy) is 1. The molecule has 15 heavy (non-hydrogen) atoms. The van der Waals surface area contributed by atoms with Crippen LogP contribution in [0.1, 0.15) is 34.6 Å². The Morgan fingerprint density at radius 3 is 2.27 bits per heavy atom. The molecule has 2 atom stereocenters. The van der Waals surface area contributed by atoms with Gasteiger partial charge in [0.05, 0.1) is 12.1 Å². The summed E-state index contributed by atoms with van der Waals surface area (Å²) in [5.74, 6) is 0.0193. The van der Waals surface area contributed by atoms with Crippen molar-refractivity contribution in [3.63, 3.8) is 0 Å². The lowest BCUT2D eigenvalue weighted by Crippen LogP contribution is -2.50. The van der Waals surface area contributed by atoms with Crippen molar-refractivity contribution in [3.05, 3.63) is 0 Å². The van der Waals surface area contributed by atoms with Crippen molar-refractivity contribution in [2.45, 2.75) is 52.3 Å². The van der Waals surface area contributed by atoms with Gasteiger partial charge in [-0.2, -0.15) is 0 Å². The van der Waals surface area contributed by atoms with Crippen LogP contribution >= 0.6 is 0 Å². The Labute approximate surface area is 92.8 Å². The van der Waals surface area contributed by atoms with Crippen LogP contribution in [0.2, 0.25) is 0 Å². The first-order valence-corrected chi connectivity index (χ1v) is 5.34. The maximum Gasteiger partial charge on any atom is 0.237 e. The number of carbonyl (C=O) groups is 1. The van der Waals surface area contributed by atoms with Gasteiger partial charge in [-0.05, 0) is 34.6 Å². The first-order chi connectivity index (χ1) is 6.76. The van der Waals surface area contributed by atoms with Crippen LogP contribution in [0.5, 0.6) is 0 Å². The summed E-state index contributed by atoms with van der Waals surface area (Å²) in [5.41, 5.74) is -0.181. The average Bonchev–Trinajstić information content (AvgIpc) is 2.10. The maximum absolute atomic E-state index is 11.6. The van der Waals surface area contributed by atoms with Crippen molar-refractivity contribution < 1.29 is 9.53 Å². The van der Waals surface area contributed by atoms with Crippen molar-refractivity contribution in [3.8, 4) is 0 Å². The van der Waals surface area contributed by atoms with E-state index in [0.717, 1.165) is 0 Å². The molecule has 2 unspecified atom stereocenters. The van der Waals surface area contributed by atoms with E-state index >= 15 is 0 Å². The fourth-order valence-corrected chi connectivity index (χ4v) is 0.997. The number of amides is 1. The Balaban J connectivity index is 3.90. The van der Waals surface area contributed by atoms with Crippen molar-refractivity contribution in [2.75, 3.05) is 13.7 Å². The minimum Gasteiger partial charge on any atom is -0.380 e. The normalized spacial score (nSPS) is 15.9. The number of carbonyl (C=O) groups excluding carboxylic acids is 1. The summed E-state index contributed by atoms with van der Waals surface area (Å²) in [6.07, 6.45) is 0.120. The molecule has 0 fully saturated rings. The van der Waals surface area contributed by atoms with Crippen molar-refractivity contribution in [2.24, 2.45) is 0 Å². The van der Waals surface area contributed by atoms with Crippen LogP contribution in [0.15, 0.2) is 0 Å². The van der Waals surface area contributed by atoms with E-state index in [-0.39, 0.29) is 23.6 Å². The zero-order chi connectivity index (χ0) is 12.1. The van der Waals surface area contributed by atoms with E-state index in [1.807, 2.05) is 34.6 Å². The van der Waals surface area contributed by atoms with Crippen molar-refractivity contribution >= 4 is 5.91 Å². The summed E-state index contributed by atoms with van der Waals surface area (Å²) >= 11 is 0. The summed E-state index contributed by atoms with van der Waals surface area (Å²) in [7, 11) is 1.66. The minimum absolute atomic E-state index is 0.0193. The summed E-state index contributed by atoms with van der Waals surface area (Å²) in [6.45, 7) is 10.4. The van der Waals surface area contributed by atoms with Gasteiger partial charge in [0.1, 0.15) is 0 Å². The molecule has 4 heteroatoms. The van der Waals surface area contributed by atoms with Crippen LogP contribution in [-0.4, -0.2) is 37.2 Å². The standard InChI is InChI=1S/C11H24N2O2/c1-8(15-6)7-12-9(2)10(14)13-11(3,4)5/h8-9,12H,7H2,1-6H3,(H,13,14). The third-order valence-electron chi connectivity index (χ3n) is 2.01. The smallest absolute Gasteiger partial charge is 0.237 e. The van der Waals surface area contributed by atoms with Gasteiger partial charge in [0, 0.05) is 19.2 Å². The number of nitrogens with one attached hydrogen (secondary N) is 2. The summed E-state index contributed by atoms with van der Waals surface area (Å²) in [4.78, 5) is 11.6. The van der Waals surface area contributed by atoms with Gasteiger partial charge in [-0.15, -0.1) is 0 Å². The van der Waals surface area contributed by atoms with Gasteiger partial charge >= 0.3 is 0 Å². The number of hydrogen-bond acceptors (Lipinski definition) is 3. The molecular formula is C11H24N2O2. The second-order valence-electron chi connectivity index (χ2n) is 4.92. The number of hydrogen-bond donors (Lipinski definition) is 2. The van der Waals surface area contributed by atoms with Crippen LogP contribution in [0.3, 0.4) is 0 Å². The molecule has 0 aromatic heterocycles. The first-order valence-electron chi connectivity index (χ1n) is 5.34. The van der Waals surface area contributed by atoms with E-state index in [9.17, 15) is 4.79 Å². The average molecular weight is 216 g/mol. The topological polar surface area (TPSA) is 50.4 Å². The Hall–Kier alpha value is -0.610. The Morgan fingerprint density at radius 1 is 1.33 bits per heavy atom. The monoisotopic (exact) mass is 216 g/mol. The van der Waals surface area contributed by atoms with E-state index < -0.39 is 0 Å². The molecule has 0 aliphatic rings. The van der Waals surface area contributed by atoms with Crippen LogP contribution in [0.25, 0.3) is 0 Å². The predicted molar refractivity (Wildman–Crippen MR) is 61.8 cm³/mol. The molecule has 90 valence electrons. The van der Waals surface area contributed by atoms with Gasteiger partial charge in [0.15, 0.2) is 0 Å². The van der Waals surface area contributed by atoms with Gasteiger partial charge in [-0.3, -0.25) is 4.79 Å². The lowest BCUT2D eigenvalue weighted by molar-refractivity contribution is -0.124. The molecule has 0 saturated carbocycles. The number of methoxy groups -OCH3 is 1. The number of rotatable bonds is 5. The molecule has 2 N–H and O–H groups in total. The second-order valence-corrected chi connectivity index (χ2v) is 4.92. The predicted octanol–water partition coefficient (Wildman–Crippen LogP) is 0.914. The molecule has 0 heterocycles. The molecule has 1 amide bonds. The van der Waals surface area contributed by atoms with Gasteiger partial charge in [-0.25, -0.2) is 0 Å². The van der Waals surface area contributed by atoms with E-state index in [1.165, 1.54) is 0 Å². The summed E-state index contributed by atoms with van der Waals surface area (Å²) < 4.78 is 5.09. The highest BCUT2D eigenvalue weighted by atomic mass is 16.5. The van der Waals surface area contributed by atoms with E-state index in [0.29, 0.717) is 6.54 Å². The molecule has 0 rings (SSSR count). The molecule has 0 saturated heterocycles. The van der Waals surface area contributed by atoms with Gasteiger partial charge in [-0.1, -0.05) is 0 Å². The van der Waals surface area contributed by atoms with E-state index in [1.54, 1.807) is 7.11 Å². The van der Waals surface area contributed by atoms with Gasteiger partial charge in [0.2, 0.25) is 5.91 Å². The lowest BCUT2D eigenvalue weighted by Gasteiger charge is -2.24. The van der Waals surface area contributed by atoms with Crippen LogP contribution in [0.4, 0.5) is 0 Å². The largest absolute Gasteiger partial charge is 0.380 e. The highest BCUT2D eigenvalue weighted by Crippen LogP contribution is 1.99. The minimum atomic E-state index is -0.193. The molecule has 0 spiro atoms. The maximum atomic E-state index is 11.6. The lowest BCUT2D eigenvalue weighted by atomic mass is 10.1. The molecular weight excluding hydrogens is 192 g/mol. The molecule has 0 bridgehead atoms. The second kappa shape index (κ2) is 6.08. The fraction of sp³-hybridized carbons (Fsp3) is 0.909. The van der Waals surface area contributed by atoms with E-state index in [4.69, 9.17) is 4.74 Å². The van der Waals surface area contributed by atoms with Crippen molar-refractivity contribution in [1.29, 1.82) is 0 Å². The molecule has 0 radical (unpaired) electrons. The summed E-state index contributed by atoms with van der Waals surface area (Å²) in [6, 6.07) is -0.193. The first kappa shape index (κ1) is 14.4. The highest BCUT2D eigenvalue weighted by Gasteiger charge is 2.18. The van der Waals surface area contributed by atoms with Crippen molar-refractivity contribution in [1.82, 2.24) is 10.6 Å². The van der Waals surface area contributed by atoms with Crippen LogP contribution in [0, 0.1) is 0 Å². The quantitative estimate of drug-likeness (QED) is 0.718. The molecule has 0 aliphatic carbocycles. The third kappa shape index (κ3) is 7.33. The Kier molecular flexibility index (Phi) is 5.83. The molecule has 0 aromatic carbocycles. The van der Waals surface area contributed by atoms with Gasteiger partial charge in [0.25, 0.3) is 0 Å². The van der Waals surface area contributed by atoms with Crippen LogP contribution < -0.4 is 10.6 Å². The molecule has 0 aromatic rings. The molecule has 4 nitrogen and oxygen atoms in total. The molecule has 0 aliphatic heterocycles. The highest BCUT2D eigenvalue weighted by molar-refractivity contribution is 5.81. The van der Waals surface area contributed by atoms with Crippen LogP contribution in [-0.2, 0) is 9.53 Å². The third-order valence-corrected chi connectivity index (χ3v) is 2.01. The summed E-state index contributed by atoms with van der Waals surface area (Å²) in [5, 5.41) is 6.04.